The van der Waals surface area contributed by atoms with Crippen molar-refractivity contribution >= 4 is 33.0 Å². The zero-order chi connectivity index (χ0) is 17.7. The van der Waals surface area contributed by atoms with Crippen molar-refractivity contribution in [1.82, 2.24) is 4.72 Å². The molecule has 6 nitrogen and oxygen atoms in total. The van der Waals surface area contributed by atoms with Gasteiger partial charge in [0, 0.05) is 5.69 Å². The molecule has 1 heterocycles. The third-order valence-electron chi connectivity index (χ3n) is 3.35. The molecule has 8 heteroatoms. The van der Waals surface area contributed by atoms with Crippen molar-refractivity contribution in [3.63, 3.8) is 0 Å². The number of sulfonamides is 1. The summed E-state index contributed by atoms with van der Waals surface area (Å²) in [5.74, 6) is 0.0556. The van der Waals surface area contributed by atoms with Crippen molar-refractivity contribution in [2.24, 2.45) is 5.92 Å². The molecule has 24 heavy (non-hydrogen) atoms. The quantitative estimate of drug-likeness (QED) is 0.787. The van der Waals surface area contributed by atoms with E-state index < -0.39 is 22.0 Å². The lowest BCUT2D eigenvalue weighted by atomic mass is 10.0. The smallest absolute Gasteiger partial charge is 0.250 e. The fourth-order valence-electron chi connectivity index (χ4n) is 2.03. The molecule has 1 aromatic carbocycles. The Morgan fingerprint density at radius 3 is 2.33 bits per heavy atom. The summed E-state index contributed by atoms with van der Waals surface area (Å²) in [6.07, 6.45) is 0. The Labute approximate surface area is 145 Å². The van der Waals surface area contributed by atoms with Crippen molar-refractivity contribution in [2.45, 2.75) is 24.1 Å². The number of thiophene rings is 1. The minimum Gasteiger partial charge on any atom is -0.497 e. The van der Waals surface area contributed by atoms with Gasteiger partial charge < -0.3 is 10.1 Å². The summed E-state index contributed by atoms with van der Waals surface area (Å²) in [7, 11) is -2.16. The Bertz CT molecular complexity index is 769. The van der Waals surface area contributed by atoms with Crippen molar-refractivity contribution in [3.05, 3.63) is 41.8 Å². The molecule has 1 aromatic heterocycles. The zero-order valence-corrected chi connectivity index (χ0v) is 15.3. The fourth-order valence-corrected chi connectivity index (χ4v) is 4.38. The summed E-state index contributed by atoms with van der Waals surface area (Å²) in [5, 5.41) is 4.40. The van der Waals surface area contributed by atoms with Gasteiger partial charge in [-0.3, -0.25) is 4.79 Å². The van der Waals surface area contributed by atoms with Gasteiger partial charge in [-0.15, -0.1) is 11.3 Å². The number of anilines is 1. The Morgan fingerprint density at radius 1 is 1.17 bits per heavy atom. The number of ether oxygens (including phenoxy) is 1. The number of carbonyl (C=O) groups is 1. The highest BCUT2D eigenvalue weighted by Gasteiger charge is 2.28. The molecule has 2 aromatic rings. The van der Waals surface area contributed by atoms with Crippen LogP contribution in [0.2, 0.25) is 0 Å². The molecule has 0 saturated carbocycles. The van der Waals surface area contributed by atoms with E-state index in [0.717, 1.165) is 11.3 Å². The van der Waals surface area contributed by atoms with Crippen LogP contribution in [0.25, 0.3) is 0 Å². The standard InChI is InChI=1S/C16H20N2O4S2/c1-11(2)15(18-24(20,21)14-5-4-10-23-14)16(19)17-12-6-8-13(22-3)9-7-12/h4-11,15,18H,1-3H3,(H,17,19)/t15-/m0/s1. The summed E-state index contributed by atoms with van der Waals surface area (Å²) in [4.78, 5) is 12.5. The van der Waals surface area contributed by atoms with E-state index in [1.807, 2.05) is 0 Å². The van der Waals surface area contributed by atoms with Crippen LogP contribution in [0, 0.1) is 5.92 Å². The molecular formula is C16H20N2O4S2. The van der Waals surface area contributed by atoms with E-state index in [2.05, 4.69) is 10.0 Å². The molecule has 0 spiro atoms. The first-order valence-electron chi connectivity index (χ1n) is 7.34. The fraction of sp³-hybridized carbons (Fsp3) is 0.312. The van der Waals surface area contributed by atoms with Crippen LogP contribution in [0.15, 0.2) is 46.0 Å². The lowest BCUT2D eigenvalue weighted by Crippen LogP contribution is -2.46. The van der Waals surface area contributed by atoms with Crippen LogP contribution in [0.1, 0.15) is 13.8 Å². The molecular weight excluding hydrogens is 348 g/mol. The lowest BCUT2D eigenvalue weighted by molar-refractivity contribution is -0.118. The van der Waals surface area contributed by atoms with Crippen LogP contribution in [0.3, 0.4) is 0 Å². The molecule has 0 radical (unpaired) electrons. The third kappa shape index (κ3) is 4.56. The molecule has 1 atom stereocenters. The molecule has 0 unspecified atom stereocenters. The maximum atomic E-state index is 12.5. The van der Waals surface area contributed by atoms with Crippen LogP contribution in [-0.2, 0) is 14.8 Å². The van der Waals surface area contributed by atoms with E-state index >= 15 is 0 Å². The van der Waals surface area contributed by atoms with Crippen molar-refractivity contribution < 1.29 is 17.9 Å². The van der Waals surface area contributed by atoms with Crippen LogP contribution in [0.5, 0.6) is 5.75 Å². The monoisotopic (exact) mass is 368 g/mol. The van der Waals surface area contributed by atoms with E-state index in [1.54, 1.807) is 56.7 Å². The van der Waals surface area contributed by atoms with E-state index in [1.165, 1.54) is 6.07 Å². The molecule has 1 amide bonds. The van der Waals surface area contributed by atoms with E-state index in [-0.39, 0.29) is 10.1 Å². The zero-order valence-electron chi connectivity index (χ0n) is 13.6. The second kappa shape index (κ2) is 7.78. The summed E-state index contributed by atoms with van der Waals surface area (Å²) in [6.45, 7) is 3.57. The summed E-state index contributed by atoms with van der Waals surface area (Å²) >= 11 is 1.11. The van der Waals surface area contributed by atoms with Crippen LogP contribution in [0.4, 0.5) is 5.69 Å². The van der Waals surface area contributed by atoms with E-state index in [9.17, 15) is 13.2 Å². The second-order valence-corrected chi connectivity index (χ2v) is 8.38. The third-order valence-corrected chi connectivity index (χ3v) is 6.19. The number of carbonyl (C=O) groups excluding carboxylic acids is 1. The Hall–Kier alpha value is -1.90. The van der Waals surface area contributed by atoms with Gasteiger partial charge in [-0.2, -0.15) is 4.72 Å². The molecule has 0 aliphatic carbocycles. The van der Waals surface area contributed by atoms with Crippen molar-refractivity contribution in [1.29, 1.82) is 0 Å². The summed E-state index contributed by atoms with van der Waals surface area (Å²) < 4.78 is 32.4. The summed E-state index contributed by atoms with van der Waals surface area (Å²) in [5.41, 5.74) is 0.571. The highest BCUT2D eigenvalue weighted by Crippen LogP contribution is 2.19. The predicted molar refractivity (Wildman–Crippen MR) is 94.9 cm³/mol. The van der Waals surface area contributed by atoms with Gasteiger partial charge in [0.25, 0.3) is 10.0 Å². The predicted octanol–water partition coefficient (Wildman–Crippen LogP) is 2.70. The first-order valence-corrected chi connectivity index (χ1v) is 9.70. The second-order valence-electron chi connectivity index (χ2n) is 5.49. The number of nitrogens with one attached hydrogen (secondary N) is 2. The van der Waals surface area contributed by atoms with Gasteiger partial charge in [-0.25, -0.2) is 8.42 Å². The van der Waals surface area contributed by atoms with Crippen LogP contribution < -0.4 is 14.8 Å². The molecule has 0 saturated heterocycles. The van der Waals surface area contributed by atoms with Gasteiger partial charge in [-0.05, 0) is 41.6 Å². The van der Waals surface area contributed by atoms with Crippen molar-refractivity contribution in [2.75, 3.05) is 12.4 Å². The highest BCUT2D eigenvalue weighted by molar-refractivity contribution is 7.91. The van der Waals surface area contributed by atoms with Crippen molar-refractivity contribution in [3.8, 4) is 5.75 Å². The Balaban J connectivity index is 2.13. The number of amides is 1. The minimum atomic E-state index is -3.72. The van der Waals surface area contributed by atoms with Gasteiger partial charge >= 0.3 is 0 Å². The molecule has 0 bridgehead atoms. The first kappa shape index (κ1) is 18.4. The number of hydrogen-bond acceptors (Lipinski definition) is 5. The highest BCUT2D eigenvalue weighted by atomic mass is 32.2. The number of benzene rings is 1. The molecule has 0 aliphatic heterocycles. The molecule has 130 valence electrons. The van der Waals surface area contributed by atoms with Crippen LogP contribution >= 0.6 is 11.3 Å². The maximum absolute atomic E-state index is 12.5. The molecule has 2 N–H and O–H groups in total. The first-order chi connectivity index (χ1) is 11.3. The number of methoxy groups -OCH3 is 1. The largest absolute Gasteiger partial charge is 0.497 e. The Kier molecular flexibility index (Phi) is 5.98. The normalized spacial score (nSPS) is 12.8. The van der Waals surface area contributed by atoms with E-state index in [0.29, 0.717) is 11.4 Å². The van der Waals surface area contributed by atoms with Gasteiger partial charge in [0.1, 0.15) is 16.0 Å². The number of rotatable bonds is 7. The maximum Gasteiger partial charge on any atom is 0.250 e. The summed E-state index contributed by atoms with van der Waals surface area (Å²) in [6, 6.07) is 9.11. The van der Waals surface area contributed by atoms with Gasteiger partial charge in [0.05, 0.1) is 7.11 Å². The van der Waals surface area contributed by atoms with Crippen LogP contribution in [-0.4, -0.2) is 27.5 Å². The molecule has 0 aliphatic rings. The van der Waals surface area contributed by atoms with E-state index in [4.69, 9.17) is 4.74 Å². The Morgan fingerprint density at radius 2 is 1.83 bits per heavy atom. The number of hydrogen-bond donors (Lipinski definition) is 2. The average Bonchev–Trinajstić information content (AvgIpc) is 3.08. The minimum absolute atomic E-state index is 0.186. The molecule has 2 rings (SSSR count). The SMILES string of the molecule is COc1ccc(NC(=O)[C@@H](NS(=O)(=O)c2cccs2)C(C)C)cc1. The topological polar surface area (TPSA) is 84.5 Å². The average molecular weight is 368 g/mol. The molecule has 0 fully saturated rings. The van der Waals surface area contributed by atoms with Gasteiger partial charge in [0.2, 0.25) is 5.91 Å². The lowest BCUT2D eigenvalue weighted by Gasteiger charge is -2.21. The van der Waals surface area contributed by atoms with Gasteiger partial charge in [-0.1, -0.05) is 19.9 Å². The van der Waals surface area contributed by atoms with Gasteiger partial charge in [0.15, 0.2) is 0 Å².